The molecule has 4 atom stereocenters. The zero-order valence-corrected chi connectivity index (χ0v) is 18.4. The summed E-state index contributed by atoms with van der Waals surface area (Å²) in [6.07, 6.45) is 19.3. The van der Waals surface area contributed by atoms with Crippen molar-refractivity contribution in [3.63, 3.8) is 0 Å². The summed E-state index contributed by atoms with van der Waals surface area (Å²) in [4.78, 5) is 0. The maximum Gasteiger partial charge on any atom is 0.0787 e. The SMILES string of the molecule is C=C1/C(=C\C=C2/CCCC3(S)C(CCCCC(C)C)CCC23)CCCC1O. The van der Waals surface area contributed by atoms with Gasteiger partial charge in [0.25, 0.3) is 0 Å². The summed E-state index contributed by atoms with van der Waals surface area (Å²) in [5.41, 5.74) is 3.82. The van der Waals surface area contributed by atoms with Gasteiger partial charge in [0.1, 0.15) is 0 Å². The van der Waals surface area contributed by atoms with Gasteiger partial charge >= 0.3 is 0 Å². The van der Waals surface area contributed by atoms with E-state index >= 15 is 0 Å². The van der Waals surface area contributed by atoms with E-state index in [1.807, 2.05) is 0 Å². The van der Waals surface area contributed by atoms with Crippen molar-refractivity contribution in [2.75, 3.05) is 0 Å². The minimum Gasteiger partial charge on any atom is -0.388 e. The number of rotatable bonds is 6. The molecule has 0 saturated heterocycles. The molecule has 0 aromatic heterocycles. The number of hydrogen-bond acceptors (Lipinski definition) is 2. The van der Waals surface area contributed by atoms with Gasteiger partial charge in [0.15, 0.2) is 0 Å². The molecule has 2 heteroatoms. The second-order valence-electron chi connectivity index (χ2n) is 9.72. The van der Waals surface area contributed by atoms with Crippen LogP contribution in [0, 0.1) is 17.8 Å². The lowest BCUT2D eigenvalue weighted by molar-refractivity contribution is 0.191. The van der Waals surface area contributed by atoms with Gasteiger partial charge in [0.05, 0.1) is 6.10 Å². The van der Waals surface area contributed by atoms with Gasteiger partial charge in [-0.15, -0.1) is 0 Å². The Labute approximate surface area is 172 Å². The Hall–Kier alpha value is -0.470. The Bertz CT molecular complexity index is 587. The van der Waals surface area contributed by atoms with Crippen molar-refractivity contribution in [3.8, 4) is 0 Å². The van der Waals surface area contributed by atoms with E-state index in [1.165, 1.54) is 63.4 Å². The summed E-state index contributed by atoms with van der Waals surface area (Å²) >= 11 is 5.34. The van der Waals surface area contributed by atoms with Crippen LogP contribution in [-0.4, -0.2) is 16.0 Å². The van der Waals surface area contributed by atoms with Gasteiger partial charge in [-0.1, -0.05) is 57.4 Å². The third kappa shape index (κ3) is 4.93. The van der Waals surface area contributed by atoms with Gasteiger partial charge in [-0.25, -0.2) is 0 Å². The van der Waals surface area contributed by atoms with E-state index in [-0.39, 0.29) is 10.9 Å². The summed E-state index contributed by atoms with van der Waals surface area (Å²) < 4.78 is 0.226. The highest BCUT2D eigenvalue weighted by molar-refractivity contribution is 7.81. The standard InChI is InChI=1S/C25H40OS/c1-18(2)8-4-5-11-22-15-16-23-21(10-7-17-25(22,23)27)14-13-20-9-6-12-24(26)19(20)3/h13-14,18,22-24,26-27H,3-12,15-17H2,1-2H3/b20-13-,21-14+. The first-order valence-electron chi connectivity index (χ1n) is 11.4. The zero-order valence-electron chi connectivity index (χ0n) is 17.6. The highest BCUT2D eigenvalue weighted by Crippen LogP contribution is 2.56. The normalized spacial score (nSPS) is 37.4. The predicted molar refractivity (Wildman–Crippen MR) is 120 cm³/mol. The van der Waals surface area contributed by atoms with Crippen molar-refractivity contribution in [1.29, 1.82) is 0 Å². The second-order valence-corrected chi connectivity index (χ2v) is 10.5. The number of aliphatic hydroxyl groups is 1. The molecular weight excluding hydrogens is 348 g/mol. The van der Waals surface area contributed by atoms with Crippen LogP contribution in [-0.2, 0) is 0 Å². The number of hydrogen-bond donors (Lipinski definition) is 2. The molecule has 0 amide bonds. The summed E-state index contributed by atoms with van der Waals surface area (Å²) in [6, 6.07) is 0. The molecular formula is C25H40OS. The fraction of sp³-hybridized carbons (Fsp3) is 0.760. The van der Waals surface area contributed by atoms with Gasteiger partial charge in [-0.05, 0) is 86.7 Å². The van der Waals surface area contributed by atoms with Gasteiger partial charge in [0, 0.05) is 4.75 Å². The number of allylic oxidation sites excluding steroid dienone is 3. The van der Waals surface area contributed by atoms with Gasteiger partial charge in [-0.2, -0.15) is 12.6 Å². The molecule has 0 aromatic carbocycles. The lowest BCUT2D eigenvalue weighted by Gasteiger charge is -2.41. The Morgan fingerprint density at radius 3 is 2.74 bits per heavy atom. The van der Waals surface area contributed by atoms with E-state index in [0.717, 1.165) is 36.7 Å². The summed E-state index contributed by atoms with van der Waals surface area (Å²) in [6.45, 7) is 8.79. The third-order valence-electron chi connectivity index (χ3n) is 7.43. The highest BCUT2D eigenvalue weighted by Gasteiger charge is 2.49. The molecule has 0 aliphatic heterocycles. The first-order valence-corrected chi connectivity index (χ1v) is 11.9. The molecule has 3 rings (SSSR count). The zero-order chi connectivity index (χ0) is 19.4. The number of unbranched alkanes of at least 4 members (excludes halogenated alkanes) is 1. The van der Waals surface area contributed by atoms with Crippen LogP contribution in [0.15, 0.2) is 35.5 Å². The Balaban J connectivity index is 1.65. The van der Waals surface area contributed by atoms with Crippen LogP contribution in [0.5, 0.6) is 0 Å². The van der Waals surface area contributed by atoms with E-state index in [4.69, 9.17) is 12.6 Å². The largest absolute Gasteiger partial charge is 0.388 e. The lowest BCUT2D eigenvalue weighted by Crippen LogP contribution is -2.37. The minimum atomic E-state index is -0.333. The Morgan fingerprint density at radius 1 is 1.15 bits per heavy atom. The average Bonchev–Trinajstić information content (AvgIpc) is 2.96. The Morgan fingerprint density at radius 2 is 1.96 bits per heavy atom. The molecule has 3 saturated carbocycles. The van der Waals surface area contributed by atoms with Crippen LogP contribution < -0.4 is 0 Å². The molecule has 1 N–H and O–H groups in total. The molecule has 0 aromatic rings. The van der Waals surface area contributed by atoms with E-state index in [1.54, 1.807) is 5.57 Å². The quantitative estimate of drug-likeness (QED) is 0.369. The van der Waals surface area contributed by atoms with E-state index in [0.29, 0.717) is 5.92 Å². The third-order valence-corrected chi connectivity index (χ3v) is 8.33. The fourth-order valence-electron chi connectivity index (χ4n) is 5.76. The van der Waals surface area contributed by atoms with Crippen LogP contribution in [0.1, 0.15) is 90.9 Å². The number of thiol groups is 1. The van der Waals surface area contributed by atoms with Gasteiger partial charge in [0.2, 0.25) is 0 Å². The summed E-state index contributed by atoms with van der Waals surface area (Å²) in [7, 11) is 0. The molecule has 3 fully saturated rings. The Kier molecular flexibility index (Phi) is 7.36. The van der Waals surface area contributed by atoms with E-state index in [2.05, 4.69) is 32.6 Å². The molecule has 152 valence electrons. The molecule has 0 spiro atoms. The monoisotopic (exact) mass is 388 g/mol. The molecule has 1 nitrogen and oxygen atoms in total. The van der Waals surface area contributed by atoms with Crippen LogP contribution in [0.2, 0.25) is 0 Å². The van der Waals surface area contributed by atoms with Crippen molar-refractivity contribution < 1.29 is 5.11 Å². The topological polar surface area (TPSA) is 20.2 Å². The smallest absolute Gasteiger partial charge is 0.0787 e. The maximum absolute atomic E-state index is 10.1. The van der Waals surface area contributed by atoms with Crippen LogP contribution >= 0.6 is 12.6 Å². The molecule has 3 aliphatic rings. The first-order chi connectivity index (χ1) is 12.9. The van der Waals surface area contributed by atoms with Crippen molar-refractivity contribution in [3.05, 3.63) is 35.5 Å². The lowest BCUT2D eigenvalue weighted by atomic mass is 9.72. The average molecular weight is 389 g/mol. The molecule has 0 bridgehead atoms. The number of fused-ring (bicyclic) bond motifs is 1. The molecule has 3 aliphatic carbocycles. The van der Waals surface area contributed by atoms with Gasteiger partial charge < -0.3 is 5.11 Å². The summed E-state index contributed by atoms with van der Waals surface area (Å²) in [5, 5.41) is 10.1. The van der Waals surface area contributed by atoms with Crippen molar-refractivity contribution in [2.45, 2.75) is 102 Å². The van der Waals surface area contributed by atoms with Crippen LogP contribution in [0.4, 0.5) is 0 Å². The van der Waals surface area contributed by atoms with Crippen molar-refractivity contribution in [2.24, 2.45) is 17.8 Å². The molecule has 0 radical (unpaired) electrons. The van der Waals surface area contributed by atoms with E-state index in [9.17, 15) is 5.11 Å². The summed E-state index contributed by atoms with van der Waals surface area (Å²) in [5.74, 6) is 2.28. The number of aliphatic hydroxyl groups excluding tert-OH is 1. The first kappa shape index (κ1) is 21.2. The maximum atomic E-state index is 10.1. The highest BCUT2D eigenvalue weighted by atomic mass is 32.1. The second kappa shape index (κ2) is 9.35. The van der Waals surface area contributed by atoms with Crippen molar-refractivity contribution in [1.82, 2.24) is 0 Å². The minimum absolute atomic E-state index is 0.226. The molecule has 0 heterocycles. The fourth-order valence-corrected chi connectivity index (χ4v) is 6.47. The molecule has 27 heavy (non-hydrogen) atoms. The molecule has 4 unspecified atom stereocenters. The van der Waals surface area contributed by atoms with Crippen LogP contribution in [0.3, 0.4) is 0 Å². The van der Waals surface area contributed by atoms with E-state index < -0.39 is 0 Å². The predicted octanol–water partition coefficient (Wildman–Crippen LogP) is 7.04. The van der Waals surface area contributed by atoms with Gasteiger partial charge in [-0.3, -0.25) is 0 Å². The van der Waals surface area contributed by atoms with Crippen molar-refractivity contribution >= 4 is 12.6 Å². The van der Waals surface area contributed by atoms with Crippen LogP contribution in [0.25, 0.3) is 0 Å².